The van der Waals surface area contributed by atoms with Crippen LogP contribution in [0.5, 0.6) is 0 Å². The zero-order valence-electron chi connectivity index (χ0n) is 11.9. The minimum absolute atomic E-state index is 0.0409. The standard InChI is InChI=1S/C12H18BrN2O5P/c1-3-19-21(18,20-4-2)8-7-14-11-9-10(13)5-6-12(11)15(16)17/h5-6,9,14H,3-4,7-8H2,1-2H3. The third-order valence-corrected chi connectivity index (χ3v) is 5.08. The van der Waals surface area contributed by atoms with E-state index in [0.29, 0.717) is 10.2 Å². The Morgan fingerprint density at radius 3 is 2.48 bits per heavy atom. The van der Waals surface area contributed by atoms with Crippen LogP contribution in [0.1, 0.15) is 13.8 Å². The van der Waals surface area contributed by atoms with Gasteiger partial charge in [-0.3, -0.25) is 14.7 Å². The summed E-state index contributed by atoms with van der Waals surface area (Å²) in [7, 11) is -3.15. The van der Waals surface area contributed by atoms with Crippen LogP contribution in [-0.2, 0) is 13.6 Å². The van der Waals surface area contributed by atoms with Gasteiger partial charge in [-0.2, -0.15) is 0 Å². The highest BCUT2D eigenvalue weighted by Crippen LogP contribution is 2.47. The van der Waals surface area contributed by atoms with Crippen molar-refractivity contribution in [2.24, 2.45) is 0 Å². The Morgan fingerprint density at radius 1 is 1.33 bits per heavy atom. The second-order valence-corrected chi connectivity index (χ2v) is 7.12. The molecule has 0 saturated heterocycles. The molecule has 0 aliphatic rings. The normalized spacial score (nSPS) is 11.4. The lowest BCUT2D eigenvalue weighted by molar-refractivity contribution is -0.384. The summed E-state index contributed by atoms with van der Waals surface area (Å²) in [6.07, 6.45) is 0.137. The Morgan fingerprint density at radius 2 is 1.95 bits per heavy atom. The Labute approximate surface area is 131 Å². The third-order valence-electron chi connectivity index (χ3n) is 2.51. The third kappa shape index (κ3) is 5.74. The maximum absolute atomic E-state index is 12.3. The van der Waals surface area contributed by atoms with Gasteiger partial charge in [0.05, 0.1) is 24.3 Å². The van der Waals surface area contributed by atoms with Crippen molar-refractivity contribution in [2.45, 2.75) is 13.8 Å². The molecule has 0 fully saturated rings. The molecule has 1 aromatic carbocycles. The number of hydrogen-bond donors (Lipinski definition) is 1. The van der Waals surface area contributed by atoms with E-state index in [1.165, 1.54) is 6.07 Å². The summed E-state index contributed by atoms with van der Waals surface area (Å²) in [6, 6.07) is 4.59. The van der Waals surface area contributed by atoms with Gasteiger partial charge in [-0.15, -0.1) is 0 Å². The van der Waals surface area contributed by atoms with Crippen LogP contribution in [0.25, 0.3) is 0 Å². The monoisotopic (exact) mass is 380 g/mol. The number of nitrogens with zero attached hydrogens (tertiary/aromatic N) is 1. The number of benzene rings is 1. The highest BCUT2D eigenvalue weighted by atomic mass is 79.9. The van der Waals surface area contributed by atoms with Crippen LogP contribution in [0.4, 0.5) is 11.4 Å². The quantitative estimate of drug-likeness (QED) is 0.395. The van der Waals surface area contributed by atoms with Crippen molar-refractivity contribution in [1.29, 1.82) is 0 Å². The summed E-state index contributed by atoms with van der Waals surface area (Å²) < 4.78 is 23.3. The second kappa shape index (κ2) is 8.48. The molecular formula is C12H18BrN2O5P. The van der Waals surface area contributed by atoms with Gasteiger partial charge in [0.25, 0.3) is 5.69 Å². The topological polar surface area (TPSA) is 90.7 Å². The van der Waals surface area contributed by atoms with Crippen LogP contribution in [-0.4, -0.2) is 30.8 Å². The van der Waals surface area contributed by atoms with E-state index in [4.69, 9.17) is 9.05 Å². The number of rotatable bonds is 9. The first kappa shape index (κ1) is 18.1. The molecule has 0 spiro atoms. The average molecular weight is 381 g/mol. The predicted molar refractivity (Wildman–Crippen MR) is 85.0 cm³/mol. The Kier molecular flexibility index (Phi) is 7.31. The van der Waals surface area contributed by atoms with E-state index < -0.39 is 12.5 Å². The minimum Gasteiger partial charge on any atom is -0.379 e. The zero-order valence-corrected chi connectivity index (χ0v) is 14.4. The molecule has 1 rings (SSSR count). The van der Waals surface area contributed by atoms with Crippen LogP contribution in [0.2, 0.25) is 0 Å². The van der Waals surface area contributed by atoms with E-state index >= 15 is 0 Å². The van der Waals surface area contributed by atoms with E-state index in [0.717, 1.165) is 0 Å². The van der Waals surface area contributed by atoms with Crippen molar-refractivity contribution in [3.05, 3.63) is 32.8 Å². The molecule has 0 aliphatic carbocycles. The van der Waals surface area contributed by atoms with Gasteiger partial charge < -0.3 is 14.4 Å². The van der Waals surface area contributed by atoms with Crippen molar-refractivity contribution in [3.63, 3.8) is 0 Å². The van der Waals surface area contributed by atoms with E-state index in [1.807, 2.05) is 0 Å². The van der Waals surface area contributed by atoms with Crippen molar-refractivity contribution in [1.82, 2.24) is 0 Å². The predicted octanol–water partition coefficient (Wildman–Crippen LogP) is 4.04. The van der Waals surface area contributed by atoms with Gasteiger partial charge in [0.1, 0.15) is 5.69 Å². The summed E-state index contributed by atoms with van der Waals surface area (Å²) in [5.74, 6) is 0. The maximum atomic E-state index is 12.3. The molecule has 9 heteroatoms. The molecular weight excluding hydrogens is 363 g/mol. The van der Waals surface area contributed by atoms with Crippen molar-refractivity contribution < 1.29 is 18.5 Å². The molecule has 0 bridgehead atoms. The van der Waals surface area contributed by atoms with Crippen LogP contribution in [0.15, 0.2) is 22.7 Å². The Hall–Kier alpha value is -0.950. The summed E-state index contributed by atoms with van der Waals surface area (Å²) in [5, 5.41) is 13.8. The number of anilines is 1. The molecule has 0 saturated carbocycles. The Bertz CT molecular complexity index is 530. The summed E-state index contributed by atoms with van der Waals surface area (Å²) in [6.45, 7) is 4.29. The van der Waals surface area contributed by atoms with Gasteiger partial charge in [0.15, 0.2) is 0 Å². The lowest BCUT2D eigenvalue weighted by Crippen LogP contribution is -2.11. The van der Waals surface area contributed by atoms with Crippen molar-refractivity contribution in [2.75, 3.05) is 31.2 Å². The highest BCUT2D eigenvalue weighted by molar-refractivity contribution is 9.10. The van der Waals surface area contributed by atoms with E-state index in [2.05, 4.69) is 21.2 Å². The lowest BCUT2D eigenvalue weighted by atomic mass is 10.2. The van der Waals surface area contributed by atoms with Gasteiger partial charge in [0.2, 0.25) is 0 Å². The van der Waals surface area contributed by atoms with Gasteiger partial charge in [0, 0.05) is 17.1 Å². The molecule has 21 heavy (non-hydrogen) atoms. The molecule has 0 heterocycles. The van der Waals surface area contributed by atoms with Gasteiger partial charge >= 0.3 is 7.60 Å². The molecule has 0 amide bonds. The number of nitrogens with one attached hydrogen (secondary N) is 1. The molecule has 1 aromatic rings. The second-order valence-electron chi connectivity index (χ2n) is 4.02. The Balaban J connectivity index is 2.73. The summed E-state index contributed by atoms with van der Waals surface area (Å²) in [5.41, 5.74) is 0.315. The van der Waals surface area contributed by atoms with E-state index in [-0.39, 0.29) is 31.6 Å². The number of hydrogen-bond acceptors (Lipinski definition) is 6. The van der Waals surface area contributed by atoms with Crippen LogP contribution >= 0.6 is 23.5 Å². The van der Waals surface area contributed by atoms with Crippen LogP contribution < -0.4 is 5.32 Å². The summed E-state index contributed by atoms with van der Waals surface area (Å²) >= 11 is 3.26. The first-order chi connectivity index (χ1) is 9.91. The van der Waals surface area contributed by atoms with Crippen molar-refractivity contribution >= 4 is 34.9 Å². The van der Waals surface area contributed by atoms with Crippen LogP contribution in [0, 0.1) is 10.1 Å². The molecule has 118 valence electrons. The highest BCUT2D eigenvalue weighted by Gasteiger charge is 2.23. The fraction of sp³-hybridized carbons (Fsp3) is 0.500. The van der Waals surface area contributed by atoms with Gasteiger partial charge in [-0.1, -0.05) is 15.9 Å². The SMILES string of the molecule is CCOP(=O)(CCNc1cc(Br)ccc1[N+](=O)[O-])OCC. The minimum atomic E-state index is -3.15. The molecule has 0 radical (unpaired) electrons. The molecule has 1 N–H and O–H groups in total. The zero-order chi connectivity index (χ0) is 15.9. The number of nitro benzene ring substituents is 1. The fourth-order valence-corrected chi connectivity index (χ4v) is 3.56. The average Bonchev–Trinajstić information content (AvgIpc) is 2.38. The molecule has 0 aliphatic heterocycles. The fourth-order valence-electron chi connectivity index (χ4n) is 1.70. The lowest BCUT2D eigenvalue weighted by Gasteiger charge is -2.17. The smallest absolute Gasteiger partial charge is 0.332 e. The molecule has 0 atom stereocenters. The number of halogens is 1. The molecule has 0 unspecified atom stereocenters. The van der Waals surface area contributed by atoms with Crippen molar-refractivity contribution in [3.8, 4) is 0 Å². The van der Waals surface area contributed by atoms with E-state index in [1.54, 1.807) is 26.0 Å². The van der Waals surface area contributed by atoms with Gasteiger partial charge in [-0.25, -0.2) is 0 Å². The van der Waals surface area contributed by atoms with Crippen LogP contribution in [0.3, 0.4) is 0 Å². The first-order valence-electron chi connectivity index (χ1n) is 6.47. The number of nitro groups is 1. The molecule has 7 nitrogen and oxygen atoms in total. The molecule has 0 aromatic heterocycles. The van der Waals surface area contributed by atoms with Gasteiger partial charge in [-0.05, 0) is 26.0 Å². The largest absolute Gasteiger partial charge is 0.379 e. The van der Waals surface area contributed by atoms with E-state index in [9.17, 15) is 14.7 Å². The summed E-state index contributed by atoms with van der Waals surface area (Å²) in [4.78, 5) is 10.5. The maximum Gasteiger partial charge on any atom is 0.332 e. The first-order valence-corrected chi connectivity index (χ1v) is 9.00.